The Morgan fingerprint density at radius 2 is 2.06 bits per heavy atom. The van der Waals surface area contributed by atoms with Gasteiger partial charge in [0.1, 0.15) is 0 Å². The fraction of sp³-hybridized carbons (Fsp3) is 0.923. The van der Waals surface area contributed by atoms with Gasteiger partial charge in [-0.15, -0.1) is 0 Å². The van der Waals surface area contributed by atoms with Crippen molar-refractivity contribution in [2.45, 2.75) is 44.6 Å². The van der Waals surface area contributed by atoms with Gasteiger partial charge in [-0.25, -0.2) is 0 Å². The van der Waals surface area contributed by atoms with Gasteiger partial charge in [0.15, 0.2) is 0 Å². The van der Waals surface area contributed by atoms with Crippen LogP contribution in [0.4, 0.5) is 0 Å². The van der Waals surface area contributed by atoms with Gasteiger partial charge >= 0.3 is 0 Å². The lowest BCUT2D eigenvalue weighted by molar-refractivity contribution is -0.122. The van der Waals surface area contributed by atoms with E-state index in [1.807, 2.05) is 0 Å². The molecule has 0 aromatic heterocycles. The third-order valence-electron chi connectivity index (χ3n) is 3.90. The standard InChI is InChI=1S/C13H25N3O/c14-8-12-4-2-1-3-7-16(12)10-13(17)15-9-11-5-6-11/h11-12H,1-10,14H2,(H,15,17). The number of carbonyl (C=O) groups is 1. The summed E-state index contributed by atoms with van der Waals surface area (Å²) in [4.78, 5) is 14.1. The zero-order valence-electron chi connectivity index (χ0n) is 10.7. The third-order valence-corrected chi connectivity index (χ3v) is 3.90. The van der Waals surface area contributed by atoms with Crippen molar-refractivity contribution in [1.29, 1.82) is 0 Å². The van der Waals surface area contributed by atoms with Gasteiger partial charge < -0.3 is 11.1 Å². The lowest BCUT2D eigenvalue weighted by Crippen LogP contribution is -2.46. The van der Waals surface area contributed by atoms with Crippen LogP contribution >= 0.6 is 0 Å². The number of amides is 1. The van der Waals surface area contributed by atoms with Crippen LogP contribution < -0.4 is 11.1 Å². The first-order valence-corrected chi connectivity index (χ1v) is 7.00. The predicted octanol–water partition coefficient (Wildman–Crippen LogP) is 0.716. The lowest BCUT2D eigenvalue weighted by atomic mass is 10.1. The maximum absolute atomic E-state index is 11.8. The van der Waals surface area contributed by atoms with Gasteiger partial charge in [-0.1, -0.05) is 12.8 Å². The summed E-state index contributed by atoms with van der Waals surface area (Å²) in [5.41, 5.74) is 5.80. The number of nitrogens with two attached hydrogens (primary N) is 1. The highest BCUT2D eigenvalue weighted by Gasteiger charge is 2.24. The van der Waals surface area contributed by atoms with Crippen LogP contribution in [-0.4, -0.2) is 43.0 Å². The number of nitrogens with zero attached hydrogens (tertiary/aromatic N) is 1. The van der Waals surface area contributed by atoms with E-state index in [4.69, 9.17) is 5.73 Å². The van der Waals surface area contributed by atoms with Crippen molar-refractivity contribution in [2.75, 3.05) is 26.2 Å². The van der Waals surface area contributed by atoms with Gasteiger partial charge in [-0.05, 0) is 38.1 Å². The first-order chi connectivity index (χ1) is 8.29. The molecule has 2 rings (SSSR count). The molecule has 0 spiro atoms. The maximum Gasteiger partial charge on any atom is 0.234 e. The highest BCUT2D eigenvalue weighted by atomic mass is 16.2. The molecule has 2 aliphatic rings. The quantitative estimate of drug-likeness (QED) is 0.743. The molecule has 0 aromatic carbocycles. The minimum Gasteiger partial charge on any atom is -0.355 e. The van der Waals surface area contributed by atoms with Crippen LogP contribution in [0.3, 0.4) is 0 Å². The van der Waals surface area contributed by atoms with E-state index in [1.54, 1.807) is 0 Å². The van der Waals surface area contributed by atoms with E-state index in [0.29, 0.717) is 19.1 Å². The number of rotatable bonds is 5. The van der Waals surface area contributed by atoms with Crippen LogP contribution in [0.1, 0.15) is 38.5 Å². The summed E-state index contributed by atoms with van der Waals surface area (Å²) in [5.74, 6) is 0.936. The van der Waals surface area contributed by atoms with Gasteiger partial charge in [0.25, 0.3) is 0 Å². The molecule has 4 heteroatoms. The number of hydrogen-bond acceptors (Lipinski definition) is 3. The molecule has 1 unspecified atom stereocenters. The molecule has 0 radical (unpaired) electrons. The summed E-state index contributed by atoms with van der Waals surface area (Å²) in [6.07, 6.45) is 7.45. The molecule has 1 aliphatic carbocycles. The Morgan fingerprint density at radius 1 is 1.24 bits per heavy atom. The molecule has 2 fully saturated rings. The smallest absolute Gasteiger partial charge is 0.234 e. The summed E-state index contributed by atoms with van der Waals surface area (Å²) in [6.45, 7) is 3.11. The average Bonchev–Trinajstić information content (AvgIpc) is 3.14. The summed E-state index contributed by atoms with van der Waals surface area (Å²) in [7, 11) is 0. The van der Waals surface area contributed by atoms with Crippen molar-refractivity contribution in [3.8, 4) is 0 Å². The fourth-order valence-corrected chi connectivity index (χ4v) is 2.53. The molecule has 1 saturated heterocycles. The number of hydrogen-bond donors (Lipinski definition) is 2. The number of nitrogens with one attached hydrogen (secondary N) is 1. The van der Waals surface area contributed by atoms with Crippen LogP contribution in [0.15, 0.2) is 0 Å². The van der Waals surface area contributed by atoms with E-state index in [1.165, 1.54) is 32.1 Å². The monoisotopic (exact) mass is 239 g/mol. The van der Waals surface area contributed by atoms with Crippen molar-refractivity contribution >= 4 is 5.91 Å². The van der Waals surface area contributed by atoms with Crippen LogP contribution in [0.5, 0.6) is 0 Å². The first kappa shape index (κ1) is 12.8. The Morgan fingerprint density at radius 3 is 2.76 bits per heavy atom. The van der Waals surface area contributed by atoms with Crippen LogP contribution in [0, 0.1) is 5.92 Å². The second kappa shape index (κ2) is 6.36. The minimum absolute atomic E-state index is 0.178. The molecule has 1 atom stereocenters. The first-order valence-electron chi connectivity index (χ1n) is 7.00. The Kier molecular flexibility index (Phi) is 4.80. The van der Waals surface area contributed by atoms with Crippen molar-refractivity contribution in [2.24, 2.45) is 11.7 Å². The zero-order valence-corrected chi connectivity index (χ0v) is 10.7. The van der Waals surface area contributed by atoms with Gasteiger partial charge in [-0.2, -0.15) is 0 Å². The summed E-state index contributed by atoms with van der Waals surface area (Å²) < 4.78 is 0. The summed E-state index contributed by atoms with van der Waals surface area (Å²) >= 11 is 0. The van der Waals surface area contributed by atoms with Crippen LogP contribution in [0.2, 0.25) is 0 Å². The molecule has 1 saturated carbocycles. The molecule has 98 valence electrons. The fourth-order valence-electron chi connectivity index (χ4n) is 2.53. The molecule has 4 nitrogen and oxygen atoms in total. The second-order valence-corrected chi connectivity index (χ2v) is 5.46. The van der Waals surface area contributed by atoms with E-state index in [9.17, 15) is 4.79 Å². The van der Waals surface area contributed by atoms with Crippen molar-refractivity contribution < 1.29 is 4.79 Å². The Balaban J connectivity index is 1.74. The minimum atomic E-state index is 0.178. The van der Waals surface area contributed by atoms with Crippen molar-refractivity contribution in [1.82, 2.24) is 10.2 Å². The van der Waals surface area contributed by atoms with Crippen LogP contribution in [-0.2, 0) is 4.79 Å². The van der Waals surface area contributed by atoms with Crippen molar-refractivity contribution in [3.05, 3.63) is 0 Å². The molecule has 17 heavy (non-hydrogen) atoms. The highest BCUT2D eigenvalue weighted by Crippen LogP contribution is 2.27. The number of carbonyl (C=O) groups excluding carboxylic acids is 1. The molecular weight excluding hydrogens is 214 g/mol. The van der Waals surface area contributed by atoms with Crippen molar-refractivity contribution in [3.63, 3.8) is 0 Å². The maximum atomic E-state index is 11.8. The molecule has 0 aromatic rings. The Labute approximate surface area is 104 Å². The molecule has 1 amide bonds. The molecular formula is C13H25N3O. The summed E-state index contributed by atoms with van der Waals surface area (Å²) in [5, 5.41) is 3.04. The van der Waals surface area contributed by atoms with Gasteiger partial charge in [0.2, 0.25) is 5.91 Å². The van der Waals surface area contributed by atoms with E-state index >= 15 is 0 Å². The van der Waals surface area contributed by atoms with E-state index in [2.05, 4.69) is 10.2 Å². The third kappa shape index (κ3) is 4.28. The predicted molar refractivity (Wildman–Crippen MR) is 68.6 cm³/mol. The molecule has 0 bridgehead atoms. The van der Waals surface area contributed by atoms with Crippen LogP contribution in [0.25, 0.3) is 0 Å². The molecule has 1 heterocycles. The van der Waals surface area contributed by atoms with E-state index in [-0.39, 0.29) is 5.91 Å². The largest absolute Gasteiger partial charge is 0.355 e. The average molecular weight is 239 g/mol. The van der Waals surface area contributed by atoms with E-state index < -0.39 is 0 Å². The topological polar surface area (TPSA) is 58.4 Å². The Bertz CT molecular complexity index is 253. The summed E-state index contributed by atoms with van der Waals surface area (Å²) in [6, 6.07) is 0.407. The van der Waals surface area contributed by atoms with Gasteiger partial charge in [0.05, 0.1) is 6.54 Å². The molecule has 1 aliphatic heterocycles. The zero-order chi connectivity index (χ0) is 12.1. The number of likely N-dealkylation sites (tertiary alicyclic amines) is 1. The SMILES string of the molecule is NCC1CCCCCN1CC(=O)NCC1CC1. The van der Waals surface area contributed by atoms with Gasteiger partial charge in [0, 0.05) is 19.1 Å². The highest BCUT2D eigenvalue weighted by molar-refractivity contribution is 5.78. The normalized spacial score (nSPS) is 26.5. The second-order valence-electron chi connectivity index (χ2n) is 5.46. The molecule has 3 N–H and O–H groups in total. The van der Waals surface area contributed by atoms with Gasteiger partial charge in [-0.3, -0.25) is 9.69 Å². The van der Waals surface area contributed by atoms with E-state index in [0.717, 1.165) is 25.4 Å². The Hall–Kier alpha value is -0.610. The lowest BCUT2D eigenvalue weighted by Gasteiger charge is -2.28.